The van der Waals surface area contributed by atoms with Gasteiger partial charge in [-0.15, -0.1) is 10.1 Å². The predicted octanol–water partition coefficient (Wildman–Crippen LogP) is 9.34. The lowest BCUT2D eigenvalue weighted by atomic mass is 9.75. The fraction of sp³-hybridized carbons (Fsp3) is 0.395. The minimum absolute atomic E-state index is 0.0235. The molecule has 356 valence electrons. The van der Waals surface area contributed by atoms with Crippen LogP contribution < -0.4 is 10.6 Å². The van der Waals surface area contributed by atoms with E-state index in [4.69, 9.17) is 21.1 Å². The van der Waals surface area contributed by atoms with Crippen molar-refractivity contribution in [3.8, 4) is 16.9 Å². The second-order valence-electron chi connectivity index (χ2n) is 17.1. The molecule has 1 aliphatic heterocycles. The van der Waals surface area contributed by atoms with Gasteiger partial charge in [0.2, 0.25) is 5.96 Å². The molecule has 3 atom stereocenters. The molecule has 15 nitrogen and oxygen atoms in total. The number of alkyl carbamates (subject to hydrolysis) is 1. The Morgan fingerprint density at radius 3 is 2.27 bits per heavy atom. The van der Waals surface area contributed by atoms with Gasteiger partial charge in [0.15, 0.2) is 11.4 Å². The van der Waals surface area contributed by atoms with Gasteiger partial charge in [-0.25, -0.2) is 32.7 Å². The van der Waals surface area contributed by atoms with Crippen LogP contribution >= 0.6 is 11.6 Å². The quantitative estimate of drug-likeness (QED) is 0.108. The molecule has 3 amide bonds. The summed E-state index contributed by atoms with van der Waals surface area (Å²) in [5.41, 5.74) is -3.74. The normalized spacial score (nSPS) is 18.7. The van der Waals surface area contributed by atoms with Crippen LogP contribution in [-0.4, -0.2) is 83.7 Å². The van der Waals surface area contributed by atoms with E-state index < -0.39 is 83.8 Å². The predicted molar refractivity (Wildman–Crippen MR) is 223 cm³/mol. The Labute approximate surface area is 381 Å². The van der Waals surface area contributed by atoms with E-state index in [0.29, 0.717) is 18.1 Å². The van der Waals surface area contributed by atoms with Crippen LogP contribution in [0.1, 0.15) is 81.9 Å². The van der Waals surface area contributed by atoms with Gasteiger partial charge in [0, 0.05) is 5.56 Å². The van der Waals surface area contributed by atoms with Crippen LogP contribution in [0.3, 0.4) is 0 Å². The summed E-state index contributed by atoms with van der Waals surface area (Å²) < 4.78 is 123. The van der Waals surface area contributed by atoms with Crippen molar-refractivity contribution in [2.24, 2.45) is 10.4 Å². The van der Waals surface area contributed by atoms with Crippen LogP contribution in [0.2, 0.25) is 5.02 Å². The zero-order valence-corrected chi connectivity index (χ0v) is 36.6. The lowest BCUT2D eigenvalue weighted by Gasteiger charge is -2.35. The number of carbonyl (C=O) groups is 3. The first-order valence-corrected chi connectivity index (χ1v) is 20.8. The van der Waals surface area contributed by atoms with Crippen molar-refractivity contribution >= 4 is 35.7 Å². The van der Waals surface area contributed by atoms with Gasteiger partial charge in [-0.05, 0) is 60.4 Å². The van der Waals surface area contributed by atoms with Crippen molar-refractivity contribution in [1.82, 2.24) is 45.3 Å². The highest BCUT2D eigenvalue weighted by molar-refractivity contribution is 6.32. The maximum absolute atomic E-state index is 15.6. The molecule has 3 heterocycles. The molecule has 67 heavy (non-hydrogen) atoms. The monoisotopic (exact) mass is 964 g/mol. The number of hydrogen-bond donors (Lipinski definition) is 2. The molecule has 0 unspecified atom stereocenters. The Bertz CT molecular complexity index is 2650. The zero-order valence-electron chi connectivity index (χ0n) is 35.9. The number of rotatable bonds is 13. The van der Waals surface area contributed by atoms with Crippen LogP contribution in [0.25, 0.3) is 16.9 Å². The molecule has 1 saturated heterocycles. The summed E-state index contributed by atoms with van der Waals surface area (Å²) >= 11 is 6.50. The third-order valence-corrected chi connectivity index (χ3v) is 11.4. The number of nitrogens with one attached hydrogen (secondary N) is 2. The highest BCUT2D eigenvalue weighted by atomic mass is 35.5. The van der Waals surface area contributed by atoms with Gasteiger partial charge >= 0.3 is 24.5 Å². The number of carbonyl (C=O) groups excluding carboxylic acids is 3. The van der Waals surface area contributed by atoms with E-state index in [1.165, 1.54) is 48.7 Å². The summed E-state index contributed by atoms with van der Waals surface area (Å²) in [6, 6.07) is 14.3. The van der Waals surface area contributed by atoms with Crippen molar-refractivity contribution in [2.45, 2.75) is 95.5 Å². The van der Waals surface area contributed by atoms with E-state index in [2.05, 4.69) is 30.7 Å². The number of amides is 3. The van der Waals surface area contributed by atoms with Gasteiger partial charge in [-0.2, -0.15) is 31.4 Å². The number of benzene rings is 3. The number of alkyl halides is 8. The number of aromatic nitrogens is 6. The third kappa shape index (κ3) is 10.2. The number of aliphatic imine (C=N–C) groups is 1. The second kappa shape index (κ2) is 18.2. The van der Waals surface area contributed by atoms with E-state index in [-0.39, 0.29) is 53.4 Å². The standard InChI is InChI=1S/C43H41ClF8N10O5/c1-24(42(47,48)49)55-37(64)67-21-32(27-12-15-29(44)31(18-27)62-34(33(45)46)53-23-54-62)61-35(63)41(22-39(2,3)4,57-36(61)56-38(65)66-20-25-8-6-5-7-9-25)28-13-10-26(11-14-28)30-19-60(59-58-30)40(16-17-40)43(50,51)52/h5-15,18-19,23-24,32-33H,16-17,20-22H2,1-4H3,(H,55,64)(H,56,57,65)/t24-,32+,41+/m0/s1. The molecule has 2 aliphatic rings. The van der Waals surface area contributed by atoms with Crippen molar-refractivity contribution in [1.29, 1.82) is 0 Å². The van der Waals surface area contributed by atoms with Crippen LogP contribution in [-0.2, 0) is 32.0 Å². The molecule has 2 fully saturated rings. The maximum atomic E-state index is 15.6. The van der Waals surface area contributed by atoms with E-state index in [1.54, 1.807) is 56.4 Å². The number of hydrogen-bond acceptors (Lipinski definition) is 9. The molecule has 3 aromatic carbocycles. The fourth-order valence-corrected chi connectivity index (χ4v) is 7.78. The number of nitrogens with zero attached hydrogens (tertiary/aromatic N) is 8. The summed E-state index contributed by atoms with van der Waals surface area (Å²) in [4.78, 5) is 50.9. The summed E-state index contributed by atoms with van der Waals surface area (Å²) in [5.74, 6) is -2.15. The summed E-state index contributed by atoms with van der Waals surface area (Å²) in [6.07, 6.45) is -13.7. The van der Waals surface area contributed by atoms with E-state index in [1.807, 2.05) is 0 Å². The van der Waals surface area contributed by atoms with Gasteiger partial charge in [-0.3, -0.25) is 9.69 Å². The van der Waals surface area contributed by atoms with Crippen LogP contribution in [0, 0.1) is 5.41 Å². The average molecular weight is 965 g/mol. The Hall–Kier alpha value is -6.65. The van der Waals surface area contributed by atoms with Crippen LogP contribution in [0.5, 0.6) is 0 Å². The Kier molecular flexibility index (Phi) is 13.1. The Morgan fingerprint density at radius 1 is 0.970 bits per heavy atom. The van der Waals surface area contributed by atoms with Crippen molar-refractivity contribution in [3.63, 3.8) is 0 Å². The molecule has 2 aromatic heterocycles. The first-order valence-electron chi connectivity index (χ1n) is 20.4. The molecule has 24 heteroatoms. The van der Waals surface area contributed by atoms with Crippen LogP contribution in [0.4, 0.5) is 44.7 Å². The lowest BCUT2D eigenvalue weighted by Crippen LogP contribution is -2.47. The van der Waals surface area contributed by atoms with Gasteiger partial charge in [0.05, 0.1) is 22.9 Å². The van der Waals surface area contributed by atoms with E-state index in [0.717, 1.165) is 20.6 Å². The number of guanidine groups is 1. The minimum atomic E-state index is -4.88. The molecule has 0 spiro atoms. The largest absolute Gasteiger partial charge is 0.447 e. The van der Waals surface area contributed by atoms with Gasteiger partial charge in [-0.1, -0.05) is 98.2 Å². The first kappa shape index (κ1) is 48.3. The number of ether oxygens (including phenoxy) is 2. The summed E-state index contributed by atoms with van der Waals surface area (Å²) in [5, 5.41) is 16.2. The summed E-state index contributed by atoms with van der Waals surface area (Å²) in [6.45, 7) is 4.88. The molecule has 2 N–H and O–H groups in total. The molecular formula is C43H41ClF8N10O5. The van der Waals surface area contributed by atoms with Crippen molar-refractivity contribution in [2.75, 3.05) is 6.61 Å². The molecule has 7 rings (SSSR count). The first-order chi connectivity index (χ1) is 31.4. The van der Waals surface area contributed by atoms with Gasteiger partial charge in [0.1, 0.15) is 36.8 Å². The van der Waals surface area contributed by atoms with Gasteiger partial charge < -0.3 is 20.1 Å². The Balaban J connectivity index is 1.35. The topological polar surface area (TPSA) is 171 Å². The Morgan fingerprint density at radius 2 is 1.66 bits per heavy atom. The minimum Gasteiger partial charge on any atom is -0.447 e. The van der Waals surface area contributed by atoms with Gasteiger partial charge in [0.25, 0.3) is 12.3 Å². The maximum Gasteiger partial charge on any atom is 0.437 e. The molecule has 1 saturated carbocycles. The second-order valence-corrected chi connectivity index (χ2v) is 17.5. The highest BCUT2D eigenvalue weighted by Crippen LogP contribution is 2.55. The average Bonchev–Trinajstić information content (AvgIpc) is 3.56. The molecule has 1 aliphatic carbocycles. The zero-order chi connectivity index (χ0) is 48.7. The summed E-state index contributed by atoms with van der Waals surface area (Å²) in [7, 11) is 0. The van der Waals surface area contributed by atoms with E-state index >= 15 is 4.79 Å². The fourth-order valence-electron chi connectivity index (χ4n) is 7.58. The molecule has 0 bridgehead atoms. The van der Waals surface area contributed by atoms with Crippen molar-refractivity contribution < 1.29 is 59.0 Å². The third-order valence-electron chi connectivity index (χ3n) is 11.1. The van der Waals surface area contributed by atoms with Crippen molar-refractivity contribution in [3.05, 3.63) is 113 Å². The SMILES string of the molecule is C[C@H](NC(=O)OC[C@H](c1ccc(Cl)c(-n2ncnc2C(F)F)c1)N1C(=O)[C@@](CC(C)(C)C)(c2ccc(-c3cn(C4(C(F)(F)F)CC4)nn3)cc2)N/C1=N\C(=O)OCc1ccccc1)C(F)(F)F. The molecule has 0 radical (unpaired) electrons. The number of halogens is 9. The van der Waals surface area contributed by atoms with E-state index in [9.17, 15) is 44.7 Å². The lowest BCUT2D eigenvalue weighted by molar-refractivity contribution is -0.183. The smallest absolute Gasteiger partial charge is 0.437 e. The molecular weight excluding hydrogens is 924 g/mol. The molecule has 5 aromatic rings. The van der Waals surface area contributed by atoms with Crippen LogP contribution in [0.15, 0.2) is 90.3 Å². The highest BCUT2D eigenvalue weighted by Gasteiger charge is 2.66.